The van der Waals surface area contributed by atoms with E-state index in [1.165, 1.54) is 6.07 Å². The maximum Gasteiger partial charge on any atom is 0.150 e. The third-order valence-electron chi connectivity index (χ3n) is 2.08. The van der Waals surface area contributed by atoms with Gasteiger partial charge in [-0.05, 0) is 12.1 Å². The first kappa shape index (κ1) is 10.9. The summed E-state index contributed by atoms with van der Waals surface area (Å²) >= 11 is 6.83. The van der Waals surface area contributed by atoms with Crippen LogP contribution < -0.4 is 5.73 Å². The van der Waals surface area contributed by atoms with Gasteiger partial charge in [0.05, 0.1) is 10.7 Å². The number of hydrogen-bond donors (Lipinski definition) is 1. The summed E-state index contributed by atoms with van der Waals surface area (Å²) in [6, 6.07) is 8.27. The first-order valence-electron chi connectivity index (χ1n) is 4.37. The van der Waals surface area contributed by atoms with Gasteiger partial charge in [-0.25, -0.2) is 4.39 Å². The largest absolute Gasteiger partial charge is 0.397 e. The number of nitrogens with two attached hydrogens (primary N) is 1. The van der Waals surface area contributed by atoms with Gasteiger partial charge in [-0.15, -0.1) is 11.3 Å². The molecule has 0 aliphatic carbocycles. The van der Waals surface area contributed by atoms with Gasteiger partial charge in [0.25, 0.3) is 0 Å². The molecule has 0 saturated carbocycles. The number of anilines is 1. The van der Waals surface area contributed by atoms with Crippen LogP contribution in [0.5, 0.6) is 0 Å². The lowest BCUT2D eigenvalue weighted by Crippen LogP contribution is -1.83. The van der Waals surface area contributed by atoms with Crippen LogP contribution in [0.4, 0.5) is 10.1 Å². The molecule has 0 spiro atoms. The van der Waals surface area contributed by atoms with Gasteiger partial charge in [0, 0.05) is 10.4 Å². The fourth-order valence-electron chi connectivity index (χ4n) is 1.32. The summed E-state index contributed by atoms with van der Waals surface area (Å²) in [4.78, 5) is 0.989. The van der Waals surface area contributed by atoms with Gasteiger partial charge in [0.1, 0.15) is 16.8 Å². The summed E-state index contributed by atoms with van der Waals surface area (Å²) in [5, 5.41) is 8.82. The minimum absolute atomic E-state index is 0.0583. The zero-order valence-electron chi connectivity index (χ0n) is 8.00. The Morgan fingerprint density at radius 3 is 2.81 bits per heavy atom. The number of nitrogens with zero attached hydrogens (tertiary/aromatic N) is 1. The maximum absolute atomic E-state index is 13.7. The summed E-state index contributed by atoms with van der Waals surface area (Å²) in [6.07, 6.45) is 0. The lowest BCUT2D eigenvalue weighted by Gasteiger charge is -2.00. The van der Waals surface area contributed by atoms with Crippen molar-refractivity contribution in [2.75, 3.05) is 5.73 Å². The molecule has 2 aromatic rings. The van der Waals surface area contributed by atoms with Crippen molar-refractivity contribution in [3.63, 3.8) is 0 Å². The van der Waals surface area contributed by atoms with Crippen LogP contribution in [0.15, 0.2) is 24.3 Å². The Balaban J connectivity index is 2.60. The van der Waals surface area contributed by atoms with Gasteiger partial charge in [-0.2, -0.15) is 5.26 Å². The third kappa shape index (κ3) is 1.75. The van der Waals surface area contributed by atoms with E-state index >= 15 is 0 Å². The van der Waals surface area contributed by atoms with E-state index < -0.39 is 5.82 Å². The second-order valence-electron chi connectivity index (χ2n) is 3.11. The highest BCUT2D eigenvalue weighted by Gasteiger charge is 2.13. The lowest BCUT2D eigenvalue weighted by atomic mass is 10.2. The second kappa shape index (κ2) is 4.12. The van der Waals surface area contributed by atoms with Gasteiger partial charge in [0.15, 0.2) is 0 Å². The molecule has 1 aromatic carbocycles. The zero-order valence-corrected chi connectivity index (χ0v) is 9.57. The maximum atomic E-state index is 13.7. The van der Waals surface area contributed by atoms with Gasteiger partial charge in [0.2, 0.25) is 0 Å². The molecule has 2 N–H and O–H groups in total. The van der Waals surface area contributed by atoms with Crippen molar-refractivity contribution in [3.8, 4) is 16.5 Å². The molecule has 0 radical (unpaired) electrons. The number of hydrogen-bond acceptors (Lipinski definition) is 3. The molecular formula is C11H6ClFN2S. The Bertz CT molecular complexity index is 586. The molecule has 5 heteroatoms. The highest BCUT2D eigenvalue weighted by molar-refractivity contribution is 7.16. The predicted molar refractivity (Wildman–Crippen MR) is 63.9 cm³/mol. The SMILES string of the molecule is N#Cc1sc(-c2cccc(Cl)c2F)cc1N. The Hall–Kier alpha value is -1.57. The van der Waals surface area contributed by atoms with E-state index in [1.54, 1.807) is 18.2 Å². The van der Waals surface area contributed by atoms with E-state index in [1.807, 2.05) is 6.07 Å². The topological polar surface area (TPSA) is 49.8 Å². The zero-order chi connectivity index (χ0) is 11.7. The van der Waals surface area contributed by atoms with Crippen LogP contribution >= 0.6 is 22.9 Å². The Morgan fingerprint density at radius 2 is 2.19 bits per heavy atom. The van der Waals surface area contributed by atoms with Crippen LogP contribution in [0.25, 0.3) is 10.4 Å². The molecule has 16 heavy (non-hydrogen) atoms. The summed E-state index contributed by atoms with van der Waals surface area (Å²) in [5.41, 5.74) is 6.34. The van der Waals surface area contributed by atoms with Crippen LogP contribution in [0.3, 0.4) is 0 Å². The second-order valence-corrected chi connectivity index (χ2v) is 4.57. The van der Waals surface area contributed by atoms with Gasteiger partial charge < -0.3 is 5.73 Å². The van der Waals surface area contributed by atoms with Gasteiger partial charge in [-0.1, -0.05) is 23.7 Å². The molecule has 0 aliphatic heterocycles. The molecule has 2 nitrogen and oxygen atoms in total. The molecule has 0 atom stereocenters. The summed E-state index contributed by atoms with van der Waals surface area (Å²) in [6.45, 7) is 0. The molecule has 1 heterocycles. The van der Waals surface area contributed by atoms with Crippen molar-refractivity contribution in [1.29, 1.82) is 5.26 Å². The average molecular weight is 253 g/mol. The van der Waals surface area contributed by atoms with E-state index in [2.05, 4.69) is 0 Å². The Kier molecular flexibility index (Phi) is 2.82. The summed E-state index contributed by atoms with van der Waals surface area (Å²) in [7, 11) is 0. The molecule has 0 saturated heterocycles. The molecule has 80 valence electrons. The number of benzene rings is 1. The van der Waals surface area contributed by atoms with Crippen LogP contribution in [-0.2, 0) is 0 Å². The normalized spacial score (nSPS) is 10.1. The fraction of sp³-hybridized carbons (Fsp3) is 0. The number of nitrogen functional groups attached to an aromatic ring is 1. The van der Waals surface area contributed by atoms with Gasteiger partial charge in [-0.3, -0.25) is 0 Å². The van der Waals surface area contributed by atoms with Crippen LogP contribution in [0, 0.1) is 17.1 Å². The van der Waals surface area contributed by atoms with Gasteiger partial charge >= 0.3 is 0 Å². The van der Waals surface area contributed by atoms with Crippen molar-refractivity contribution in [3.05, 3.63) is 40.0 Å². The molecule has 0 amide bonds. The molecular weight excluding hydrogens is 247 g/mol. The third-order valence-corrected chi connectivity index (χ3v) is 3.46. The lowest BCUT2D eigenvalue weighted by molar-refractivity contribution is 0.632. The molecule has 0 bridgehead atoms. The minimum Gasteiger partial charge on any atom is -0.397 e. The van der Waals surface area contributed by atoms with Crippen molar-refractivity contribution in [1.82, 2.24) is 0 Å². The van der Waals surface area contributed by atoms with Crippen LogP contribution in [0.2, 0.25) is 5.02 Å². The molecule has 0 unspecified atom stereocenters. The fourth-order valence-corrected chi connectivity index (χ4v) is 2.39. The van der Waals surface area contributed by atoms with Crippen molar-refractivity contribution in [2.24, 2.45) is 0 Å². The van der Waals surface area contributed by atoms with E-state index in [4.69, 9.17) is 22.6 Å². The standard InChI is InChI=1S/C11H6ClFN2S/c12-7-3-1-2-6(11(7)13)9-4-8(15)10(5-14)16-9/h1-4H,15H2. The first-order chi connectivity index (χ1) is 7.63. The number of thiophene rings is 1. The Labute approximate surface area is 101 Å². The first-order valence-corrected chi connectivity index (χ1v) is 5.56. The van der Waals surface area contributed by atoms with Crippen molar-refractivity contribution >= 4 is 28.6 Å². The average Bonchev–Trinajstić information content (AvgIpc) is 2.63. The monoisotopic (exact) mass is 252 g/mol. The van der Waals surface area contributed by atoms with E-state index in [-0.39, 0.29) is 5.02 Å². The van der Waals surface area contributed by atoms with Crippen molar-refractivity contribution in [2.45, 2.75) is 0 Å². The highest BCUT2D eigenvalue weighted by atomic mass is 35.5. The molecule has 0 aliphatic rings. The summed E-state index contributed by atoms with van der Waals surface area (Å²) < 4.78 is 13.7. The number of rotatable bonds is 1. The van der Waals surface area contributed by atoms with E-state index in [9.17, 15) is 4.39 Å². The smallest absolute Gasteiger partial charge is 0.150 e. The predicted octanol–water partition coefficient (Wildman–Crippen LogP) is 3.66. The highest BCUT2D eigenvalue weighted by Crippen LogP contribution is 2.35. The van der Waals surface area contributed by atoms with E-state index in [0.717, 1.165) is 11.3 Å². The van der Waals surface area contributed by atoms with E-state index in [0.29, 0.717) is 21.0 Å². The Morgan fingerprint density at radius 1 is 1.44 bits per heavy atom. The van der Waals surface area contributed by atoms with Crippen LogP contribution in [0.1, 0.15) is 4.88 Å². The molecule has 0 fully saturated rings. The minimum atomic E-state index is -0.491. The molecule has 2 rings (SSSR count). The summed E-state index contributed by atoms with van der Waals surface area (Å²) in [5.74, 6) is -0.491. The van der Waals surface area contributed by atoms with Crippen molar-refractivity contribution < 1.29 is 4.39 Å². The quantitative estimate of drug-likeness (QED) is 0.842. The van der Waals surface area contributed by atoms with Crippen LogP contribution in [-0.4, -0.2) is 0 Å². The number of nitriles is 1. The number of halogens is 2. The molecule has 1 aromatic heterocycles.